The van der Waals surface area contributed by atoms with Crippen molar-refractivity contribution < 1.29 is 4.79 Å². The Bertz CT molecular complexity index is 494. The molecule has 0 fully saturated rings. The number of hydrogen-bond donors (Lipinski definition) is 1. The van der Waals surface area contributed by atoms with Crippen LogP contribution in [0.25, 0.3) is 11.4 Å². The van der Waals surface area contributed by atoms with Gasteiger partial charge in [-0.1, -0.05) is 6.92 Å². The van der Waals surface area contributed by atoms with Crippen molar-refractivity contribution in [3.8, 4) is 11.4 Å². The molecule has 2 rings (SSSR count). The van der Waals surface area contributed by atoms with Crippen molar-refractivity contribution in [2.75, 3.05) is 5.32 Å². The number of hydrogen-bond acceptors (Lipinski definition) is 3. The highest BCUT2D eigenvalue weighted by Crippen LogP contribution is 2.17. The maximum absolute atomic E-state index is 11.2. The zero-order chi connectivity index (χ0) is 12.1. The van der Waals surface area contributed by atoms with E-state index in [-0.39, 0.29) is 5.91 Å². The van der Waals surface area contributed by atoms with E-state index in [0.717, 1.165) is 11.3 Å². The molecule has 4 heteroatoms. The molecule has 0 unspecified atom stereocenters. The Morgan fingerprint density at radius 2 is 1.82 bits per heavy atom. The molecule has 1 amide bonds. The van der Waals surface area contributed by atoms with E-state index < -0.39 is 0 Å². The smallest absolute Gasteiger partial charge is 0.224 e. The van der Waals surface area contributed by atoms with Gasteiger partial charge in [0.05, 0.1) is 0 Å². The van der Waals surface area contributed by atoms with Gasteiger partial charge in [0.15, 0.2) is 5.82 Å². The summed E-state index contributed by atoms with van der Waals surface area (Å²) in [6, 6.07) is 9.25. The van der Waals surface area contributed by atoms with E-state index in [1.165, 1.54) is 0 Å². The maximum Gasteiger partial charge on any atom is 0.224 e. The molecule has 0 aliphatic heterocycles. The zero-order valence-electron chi connectivity index (χ0n) is 9.55. The number of nitrogens with zero attached hydrogens (tertiary/aromatic N) is 2. The molecule has 1 heterocycles. The largest absolute Gasteiger partial charge is 0.326 e. The van der Waals surface area contributed by atoms with Gasteiger partial charge in [0.25, 0.3) is 0 Å². The molecular weight excluding hydrogens is 214 g/mol. The first-order chi connectivity index (χ1) is 8.29. The van der Waals surface area contributed by atoms with Crippen molar-refractivity contribution in [1.82, 2.24) is 9.97 Å². The van der Waals surface area contributed by atoms with Crippen molar-refractivity contribution in [1.29, 1.82) is 0 Å². The predicted molar refractivity (Wildman–Crippen MR) is 66.4 cm³/mol. The normalized spacial score (nSPS) is 9.94. The quantitative estimate of drug-likeness (QED) is 0.876. The molecule has 0 atom stereocenters. The number of rotatable bonds is 3. The summed E-state index contributed by atoms with van der Waals surface area (Å²) < 4.78 is 0. The minimum Gasteiger partial charge on any atom is -0.326 e. The van der Waals surface area contributed by atoms with Gasteiger partial charge >= 0.3 is 0 Å². The van der Waals surface area contributed by atoms with Crippen molar-refractivity contribution in [3.05, 3.63) is 42.7 Å². The van der Waals surface area contributed by atoms with Crippen molar-refractivity contribution in [3.63, 3.8) is 0 Å². The first-order valence-corrected chi connectivity index (χ1v) is 5.47. The minimum atomic E-state index is 0.00807. The summed E-state index contributed by atoms with van der Waals surface area (Å²) in [6.45, 7) is 1.82. The van der Waals surface area contributed by atoms with Crippen LogP contribution in [0.5, 0.6) is 0 Å². The Labute approximate surface area is 99.7 Å². The molecule has 0 aliphatic rings. The third-order valence-electron chi connectivity index (χ3n) is 2.31. The third kappa shape index (κ3) is 2.87. The lowest BCUT2D eigenvalue weighted by molar-refractivity contribution is -0.115. The Morgan fingerprint density at radius 3 is 2.41 bits per heavy atom. The van der Waals surface area contributed by atoms with Gasteiger partial charge in [0.2, 0.25) is 5.91 Å². The Hall–Kier alpha value is -2.23. The molecule has 0 saturated heterocycles. The lowest BCUT2D eigenvalue weighted by Crippen LogP contribution is -2.09. The van der Waals surface area contributed by atoms with Crippen LogP contribution in [-0.4, -0.2) is 15.9 Å². The lowest BCUT2D eigenvalue weighted by atomic mass is 10.2. The van der Waals surface area contributed by atoms with E-state index in [1.807, 2.05) is 31.2 Å². The van der Waals surface area contributed by atoms with Crippen LogP contribution in [-0.2, 0) is 4.79 Å². The van der Waals surface area contributed by atoms with Crippen molar-refractivity contribution in [2.24, 2.45) is 0 Å². The maximum atomic E-state index is 11.2. The number of anilines is 1. The van der Waals surface area contributed by atoms with Crippen LogP contribution in [0.1, 0.15) is 13.3 Å². The Kier molecular flexibility index (Phi) is 3.45. The molecule has 1 aromatic carbocycles. The molecule has 86 valence electrons. The lowest BCUT2D eigenvalue weighted by Gasteiger charge is -2.04. The molecule has 2 aromatic rings. The Morgan fingerprint density at radius 1 is 1.18 bits per heavy atom. The summed E-state index contributed by atoms with van der Waals surface area (Å²) in [5.74, 6) is 0.689. The fourth-order valence-corrected chi connectivity index (χ4v) is 1.40. The highest BCUT2D eigenvalue weighted by atomic mass is 16.1. The van der Waals surface area contributed by atoms with Gasteiger partial charge < -0.3 is 5.32 Å². The van der Waals surface area contributed by atoms with Gasteiger partial charge in [-0.15, -0.1) is 0 Å². The van der Waals surface area contributed by atoms with Crippen LogP contribution < -0.4 is 5.32 Å². The van der Waals surface area contributed by atoms with Crippen molar-refractivity contribution >= 4 is 11.6 Å². The summed E-state index contributed by atoms with van der Waals surface area (Å²) in [7, 11) is 0. The molecule has 0 bridgehead atoms. The molecule has 0 spiro atoms. The third-order valence-corrected chi connectivity index (χ3v) is 2.31. The number of amides is 1. The summed E-state index contributed by atoms with van der Waals surface area (Å²) in [5, 5.41) is 2.79. The van der Waals surface area contributed by atoms with E-state index in [2.05, 4.69) is 15.3 Å². The first kappa shape index (κ1) is 11.3. The average molecular weight is 227 g/mol. The van der Waals surface area contributed by atoms with Gasteiger partial charge in [-0.25, -0.2) is 9.97 Å². The van der Waals surface area contributed by atoms with Crippen LogP contribution in [0.3, 0.4) is 0 Å². The van der Waals surface area contributed by atoms with Gasteiger partial charge in [-0.3, -0.25) is 4.79 Å². The van der Waals surface area contributed by atoms with E-state index >= 15 is 0 Å². The molecular formula is C13H13N3O. The summed E-state index contributed by atoms with van der Waals surface area (Å²) in [5.41, 5.74) is 1.72. The SMILES string of the molecule is CCC(=O)Nc1ccc(-c2ncccn2)cc1. The van der Waals surface area contributed by atoms with Crippen LogP contribution in [0, 0.1) is 0 Å². The Balaban J connectivity index is 2.16. The molecule has 0 aliphatic carbocycles. The number of benzene rings is 1. The van der Waals surface area contributed by atoms with E-state index in [0.29, 0.717) is 12.2 Å². The number of nitrogens with one attached hydrogen (secondary N) is 1. The predicted octanol–water partition coefficient (Wildman–Crippen LogP) is 2.49. The minimum absolute atomic E-state index is 0.00807. The number of aromatic nitrogens is 2. The second kappa shape index (κ2) is 5.21. The van der Waals surface area contributed by atoms with Gasteiger partial charge in [-0.2, -0.15) is 0 Å². The standard InChI is InChI=1S/C13H13N3O/c1-2-12(17)16-11-6-4-10(5-7-11)13-14-8-3-9-15-13/h3-9H,2H2,1H3,(H,16,17). The first-order valence-electron chi connectivity index (χ1n) is 5.47. The fraction of sp³-hybridized carbons (Fsp3) is 0.154. The van der Waals surface area contributed by atoms with E-state index in [9.17, 15) is 4.79 Å². The van der Waals surface area contributed by atoms with Crippen LogP contribution in [0.15, 0.2) is 42.7 Å². The zero-order valence-corrected chi connectivity index (χ0v) is 9.55. The highest BCUT2D eigenvalue weighted by Gasteiger charge is 2.01. The van der Waals surface area contributed by atoms with Crippen LogP contribution in [0.4, 0.5) is 5.69 Å². The van der Waals surface area contributed by atoms with E-state index in [1.54, 1.807) is 18.5 Å². The van der Waals surface area contributed by atoms with E-state index in [4.69, 9.17) is 0 Å². The molecule has 1 aromatic heterocycles. The molecule has 4 nitrogen and oxygen atoms in total. The topological polar surface area (TPSA) is 54.9 Å². The fourth-order valence-electron chi connectivity index (χ4n) is 1.40. The average Bonchev–Trinajstić information content (AvgIpc) is 2.40. The second-order valence-electron chi connectivity index (χ2n) is 3.55. The highest BCUT2D eigenvalue weighted by molar-refractivity contribution is 5.90. The molecule has 17 heavy (non-hydrogen) atoms. The van der Waals surface area contributed by atoms with Crippen LogP contribution >= 0.6 is 0 Å². The summed E-state index contributed by atoms with van der Waals surface area (Å²) in [6.07, 6.45) is 3.88. The molecule has 1 N–H and O–H groups in total. The van der Waals surface area contributed by atoms with Gasteiger partial charge in [0, 0.05) is 30.1 Å². The molecule has 0 saturated carbocycles. The number of carbonyl (C=O) groups is 1. The summed E-state index contributed by atoms with van der Waals surface area (Å²) in [4.78, 5) is 19.5. The molecule has 0 radical (unpaired) electrons. The van der Waals surface area contributed by atoms with Gasteiger partial charge in [0.1, 0.15) is 0 Å². The second-order valence-corrected chi connectivity index (χ2v) is 3.55. The number of carbonyl (C=O) groups excluding carboxylic acids is 1. The monoisotopic (exact) mass is 227 g/mol. The van der Waals surface area contributed by atoms with Crippen molar-refractivity contribution in [2.45, 2.75) is 13.3 Å². The summed E-state index contributed by atoms with van der Waals surface area (Å²) >= 11 is 0. The van der Waals surface area contributed by atoms with Crippen LogP contribution in [0.2, 0.25) is 0 Å². The van der Waals surface area contributed by atoms with Gasteiger partial charge in [-0.05, 0) is 30.3 Å².